The minimum absolute atomic E-state index is 0.0285. The van der Waals surface area contributed by atoms with E-state index in [1.165, 1.54) is 22.5 Å². The molecule has 3 aromatic carbocycles. The molecule has 5 aromatic rings. The highest BCUT2D eigenvalue weighted by Crippen LogP contribution is 2.42. The number of hydrogen-bond acceptors (Lipinski definition) is 3. The second kappa shape index (κ2) is 9.61. The van der Waals surface area contributed by atoms with E-state index in [-0.39, 0.29) is 11.6 Å². The molecule has 0 radical (unpaired) electrons. The highest BCUT2D eigenvalue weighted by atomic mass is 35.5. The lowest BCUT2D eigenvalue weighted by atomic mass is 9.83. The smallest absolute Gasteiger partial charge is 0.271 e. The molecule has 40 heavy (non-hydrogen) atoms. The predicted molar refractivity (Wildman–Crippen MR) is 164 cm³/mol. The molecule has 1 aliphatic carbocycles. The molecule has 0 fully saturated rings. The van der Waals surface area contributed by atoms with Gasteiger partial charge >= 0.3 is 0 Å². The monoisotopic (exact) mass is 561 g/mol. The van der Waals surface area contributed by atoms with E-state index in [1.807, 2.05) is 34.9 Å². The summed E-state index contributed by atoms with van der Waals surface area (Å²) in [6.45, 7) is 6.31. The van der Waals surface area contributed by atoms with Gasteiger partial charge in [0.05, 0.1) is 16.3 Å². The Morgan fingerprint density at radius 2 is 1.70 bits per heavy atom. The SMILES string of the molecule is Cc1ccc(-n2c(C)cc(/C=c3\sc4n(c3=O)C(c3ccccc3Cl)C3=C(N=4)c4ccccc4CC3)c2C)cc1. The van der Waals surface area contributed by atoms with Crippen molar-refractivity contribution < 1.29 is 0 Å². The molecule has 198 valence electrons. The molecule has 2 aliphatic rings. The molecule has 0 saturated heterocycles. The molecule has 4 nitrogen and oxygen atoms in total. The largest absolute Gasteiger partial charge is 0.318 e. The van der Waals surface area contributed by atoms with Crippen molar-refractivity contribution >= 4 is 34.7 Å². The van der Waals surface area contributed by atoms with Crippen LogP contribution in [0.5, 0.6) is 0 Å². The maximum atomic E-state index is 14.2. The fourth-order valence-corrected chi connectivity index (χ4v) is 7.39. The lowest BCUT2D eigenvalue weighted by Gasteiger charge is -2.31. The molecule has 1 aliphatic heterocycles. The summed E-state index contributed by atoms with van der Waals surface area (Å²) < 4.78 is 4.78. The Hall–Kier alpha value is -3.93. The standard InChI is InChI=1S/C34H28ClN3OS/c1-20-12-15-25(16-13-20)37-21(2)18-24(22(37)3)19-30-33(39)38-32(27-10-6-7-11-29(27)35)28-17-14-23-8-4-5-9-26(23)31(28)36-34(38)40-30/h4-13,15-16,18-19,32H,14,17H2,1-3H3/b30-19-. The first-order valence-corrected chi connectivity index (χ1v) is 14.7. The third kappa shape index (κ3) is 3.95. The molecule has 0 bridgehead atoms. The summed E-state index contributed by atoms with van der Waals surface area (Å²) in [7, 11) is 0. The Kier molecular flexibility index (Phi) is 6.02. The highest BCUT2D eigenvalue weighted by Gasteiger charge is 2.33. The molecule has 0 spiro atoms. The van der Waals surface area contributed by atoms with Gasteiger partial charge in [0.15, 0.2) is 4.80 Å². The van der Waals surface area contributed by atoms with Crippen molar-refractivity contribution in [3.63, 3.8) is 0 Å². The number of halogens is 1. The maximum Gasteiger partial charge on any atom is 0.271 e. The molecule has 1 unspecified atom stereocenters. The van der Waals surface area contributed by atoms with Gasteiger partial charge in [-0.3, -0.25) is 9.36 Å². The van der Waals surface area contributed by atoms with E-state index in [2.05, 4.69) is 79.9 Å². The molecule has 2 aromatic heterocycles. The summed E-state index contributed by atoms with van der Waals surface area (Å²) in [5.41, 5.74) is 11.1. The van der Waals surface area contributed by atoms with Crippen LogP contribution in [0.15, 0.2) is 94.2 Å². The van der Waals surface area contributed by atoms with Crippen LogP contribution in [0.3, 0.4) is 0 Å². The first-order chi connectivity index (χ1) is 19.4. The van der Waals surface area contributed by atoms with E-state index in [0.29, 0.717) is 14.4 Å². The quantitative estimate of drug-likeness (QED) is 0.242. The number of hydrogen-bond donors (Lipinski definition) is 0. The number of nitrogens with zero attached hydrogens (tertiary/aromatic N) is 3. The Morgan fingerprint density at radius 3 is 2.50 bits per heavy atom. The van der Waals surface area contributed by atoms with Gasteiger partial charge in [-0.2, -0.15) is 0 Å². The van der Waals surface area contributed by atoms with Crippen LogP contribution >= 0.6 is 22.9 Å². The van der Waals surface area contributed by atoms with Gasteiger partial charge in [-0.15, -0.1) is 0 Å². The molecular formula is C34H28ClN3OS. The summed E-state index contributed by atoms with van der Waals surface area (Å²) in [4.78, 5) is 20.0. The molecule has 1 atom stereocenters. The predicted octanol–water partition coefficient (Wildman–Crippen LogP) is 6.69. The van der Waals surface area contributed by atoms with Crippen molar-refractivity contribution in [3.05, 3.63) is 148 Å². The summed E-state index contributed by atoms with van der Waals surface area (Å²) >= 11 is 8.23. The average Bonchev–Trinajstić information content (AvgIpc) is 3.42. The molecule has 3 heterocycles. The van der Waals surface area contributed by atoms with E-state index in [9.17, 15) is 4.79 Å². The molecule has 7 rings (SSSR count). The number of fused-ring (bicyclic) bond motifs is 3. The van der Waals surface area contributed by atoms with Gasteiger partial charge < -0.3 is 4.57 Å². The third-order valence-corrected chi connectivity index (χ3v) is 9.45. The number of thiazole rings is 1. The Balaban J connectivity index is 1.45. The van der Waals surface area contributed by atoms with E-state index >= 15 is 0 Å². The Bertz CT molecular complexity index is 2020. The van der Waals surface area contributed by atoms with Gasteiger partial charge in [0, 0.05) is 27.7 Å². The number of aromatic nitrogens is 2. The van der Waals surface area contributed by atoms with Crippen LogP contribution in [0.25, 0.3) is 17.5 Å². The summed E-state index contributed by atoms with van der Waals surface area (Å²) in [5.74, 6) is 0. The minimum Gasteiger partial charge on any atom is -0.318 e. The molecule has 0 amide bonds. The molecule has 6 heteroatoms. The fourth-order valence-electron chi connectivity index (χ4n) is 6.16. The first kappa shape index (κ1) is 25.1. The first-order valence-electron chi connectivity index (χ1n) is 13.5. The van der Waals surface area contributed by atoms with E-state index < -0.39 is 0 Å². The summed E-state index contributed by atoms with van der Waals surface area (Å²) in [6, 6.07) is 26.7. The van der Waals surface area contributed by atoms with E-state index in [1.54, 1.807) is 0 Å². The van der Waals surface area contributed by atoms with Gasteiger partial charge in [-0.05, 0) is 86.2 Å². The van der Waals surface area contributed by atoms with Crippen LogP contribution in [-0.2, 0) is 6.42 Å². The van der Waals surface area contributed by atoms with E-state index in [4.69, 9.17) is 16.6 Å². The lowest BCUT2D eigenvalue weighted by molar-refractivity contribution is 0.585. The average molecular weight is 562 g/mol. The third-order valence-electron chi connectivity index (χ3n) is 8.12. The van der Waals surface area contributed by atoms with Crippen molar-refractivity contribution in [3.8, 4) is 5.69 Å². The summed E-state index contributed by atoms with van der Waals surface area (Å²) in [5, 5.41) is 0.663. The molecular weight excluding hydrogens is 534 g/mol. The van der Waals surface area contributed by atoms with Crippen molar-refractivity contribution in [2.75, 3.05) is 0 Å². The number of rotatable bonds is 3. The summed E-state index contributed by atoms with van der Waals surface area (Å²) in [6.07, 6.45) is 3.78. The Morgan fingerprint density at radius 1 is 0.950 bits per heavy atom. The van der Waals surface area contributed by atoms with Gasteiger partial charge in [0.25, 0.3) is 5.56 Å². The number of allylic oxidation sites excluding steroid dienone is 1. The van der Waals surface area contributed by atoms with Crippen LogP contribution in [0, 0.1) is 20.8 Å². The number of aryl methyl sites for hydroxylation is 3. The van der Waals surface area contributed by atoms with Crippen LogP contribution in [0.1, 0.15) is 51.7 Å². The maximum absolute atomic E-state index is 14.2. The lowest BCUT2D eigenvalue weighted by Crippen LogP contribution is -2.38. The molecule has 0 N–H and O–H groups in total. The van der Waals surface area contributed by atoms with Gasteiger partial charge in [0.1, 0.15) is 0 Å². The molecule has 0 saturated carbocycles. The zero-order chi connectivity index (χ0) is 27.5. The van der Waals surface area contributed by atoms with Crippen molar-refractivity contribution in [2.45, 2.75) is 39.7 Å². The number of benzene rings is 3. The van der Waals surface area contributed by atoms with Gasteiger partial charge in [0.2, 0.25) is 0 Å². The highest BCUT2D eigenvalue weighted by molar-refractivity contribution is 7.07. The zero-order valence-electron chi connectivity index (χ0n) is 22.6. The zero-order valence-corrected chi connectivity index (χ0v) is 24.2. The van der Waals surface area contributed by atoms with Crippen molar-refractivity contribution in [1.29, 1.82) is 0 Å². The van der Waals surface area contributed by atoms with Crippen molar-refractivity contribution in [1.82, 2.24) is 9.13 Å². The van der Waals surface area contributed by atoms with Crippen LogP contribution in [0.4, 0.5) is 0 Å². The van der Waals surface area contributed by atoms with Crippen LogP contribution in [-0.4, -0.2) is 9.13 Å². The second-order valence-corrected chi connectivity index (χ2v) is 12.0. The van der Waals surface area contributed by atoms with Crippen LogP contribution in [0.2, 0.25) is 5.02 Å². The van der Waals surface area contributed by atoms with Crippen LogP contribution < -0.4 is 14.9 Å². The second-order valence-electron chi connectivity index (χ2n) is 10.6. The minimum atomic E-state index is -0.282. The van der Waals surface area contributed by atoms with E-state index in [0.717, 1.165) is 57.9 Å². The van der Waals surface area contributed by atoms with Gasteiger partial charge in [-0.25, -0.2) is 4.99 Å². The van der Waals surface area contributed by atoms with Gasteiger partial charge in [-0.1, -0.05) is 83.1 Å². The Labute approximate surface area is 241 Å². The van der Waals surface area contributed by atoms with Crippen molar-refractivity contribution in [2.24, 2.45) is 4.99 Å². The normalized spacial score (nSPS) is 16.4. The fraction of sp³-hybridized carbons (Fsp3) is 0.176. The topological polar surface area (TPSA) is 39.3 Å².